The van der Waals surface area contributed by atoms with Gasteiger partial charge in [-0.2, -0.15) is 0 Å². The highest BCUT2D eigenvalue weighted by atomic mass is 32.2. The average molecular weight is 772 g/mol. The van der Waals surface area contributed by atoms with Crippen LogP contribution in [0.5, 0.6) is 5.75 Å². The van der Waals surface area contributed by atoms with Crippen LogP contribution in [0.1, 0.15) is 96.1 Å². The lowest BCUT2D eigenvalue weighted by atomic mass is 9.85. The second-order valence-corrected chi connectivity index (χ2v) is 18.2. The van der Waals surface area contributed by atoms with Crippen LogP contribution in [0, 0.1) is 11.3 Å². The van der Waals surface area contributed by atoms with Gasteiger partial charge in [0.05, 0.1) is 31.6 Å². The molecule has 0 spiro atoms. The number of fused-ring (bicyclic) bond motifs is 3. The highest BCUT2D eigenvalue weighted by molar-refractivity contribution is 7.91. The van der Waals surface area contributed by atoms with Gasteiger partial charge in [-0.15, -0.1) is 6.58 Å². The monoisotopic (exact) mass is 771 g/mol. The van der Waals surface area contributed by atoms with Gasteiger partial charge in [0.15, 0.2) is 0 Å². The number of sulfonamides is 1. The molecule has 2 aliphatic carbocycles. The van der Waals surface area contributed by atoms with Crippen LogP contribution >= 0.6 is 0 Å². The lowest BCUT2D eigenvalue weighted by Crippen LogP contribution is -2.60. The fraction of sp³-hybridized carbons (Fsp3) is 0.658. The number of ether oxygens (including phenoxy) is 3. The van der Waals surface area contributed by atoms with Crippen molar-refractivity contribution >= 4 is 39.9 Å². The maximum atomic E-state index is 14.4. The molecule has 0 aromatic heterocycles. The van der Waals surface area contributed by atoms with Crippen molar-refractivity contribution in [2.45, 2.75) is 127 Å². The Labute approximate surface area is 316 Å². The third kappa shape index (κ3) is 8.79. The maximum Gasteiger partial charge on any atom is 0.410 e. The summed E-state index contributed by atoms with van der Waals surface area (Å²) in [6, 6.07) is 3.37. The Morgan fingerprint density at radius 1 is 1.00 bits per heavy atom. The zero-order valence-corrected chi connectivity index (χ0v) is 32.2. The summed E-state index contributed by atoms with van der Waals surface area (Å²) in [6.45, 7) is 10.2. The van der Waals surface area contributed by atoms with Crippen LogP contribution in [0.4, 0.5) is 9.59 Å². The molecule has 1 saturated heterocycles. The Hall–Kier alpha value is -4.34. The fourth-order valence-electron chi connectivity index (χ4n) is 7.50. The van der Waals surface area contributed by atoms with Gasteiger partial charge in [-0.3, -0.25) is 24.0 Å². The topological polar surface area (TPSA) is 190 Å². The fourth-order valence-corrected chi connectivity index (χ4v) is 8.86. The highest BCUT2D eigenvalue weighted by Crippen LogP contribution is 2.45. The minimum absolute atomic E-state index is 0.101. The van der Waals surface area contributed by atoms with E-state index in [1.54, 1.807) is 25.7 Å². The van der Waals surface area contributed by atoms with Crippen LogP contribution < -0.4 is 20.1 Å². The molecule has 296 valence electrons. The number of hydrogen-bond acceptors (Lipinski definition) is 10. The first-order chi connectivity index (χ1) is 25.6. The number of benzene rings is 1. The van der Waals surface area contributed by atoms with Crippen molar-refractivity contribution in [1.29, 1.82) is 0 Å². The number of nitrogens with one attached hydrogen (secondary N) is 3. The van der Waals surface area contributed by atoms with E-state index in [9.17, 15) is 32.4 Å². The molecular formula is C38H53N5O10S. The average Bonchev–Trinajstić information content (AvgIpc) is 4.00. The van der Waals surface area contributed by atoms with Crippen LogP contribution in [0.3, 0.4) is 0 Å². The largest absolute Gasteiger partial charge is 0.493 e. The first kappa shape index (κ1) is 39.4. The number of alkyl carbamates (subject to hydrolysis) is 1. The van der Waals surface area contributed by atoms with Gasteiger partial charge in [-0.05, 0) is 49.1 Å². The molecule has 15 nitrogen and oxygen atoms in total. The number of carbonyl (C=O) groups is 5. The van der Waals surface area contributed by atoms with Gasteiger partial charge in [-0.25, -0.2) is 18.0 Å². The molecule has 4 bridgehead atoms. The van der Waals surface area contributed by atoms with Gasteiger partial charge in [0, 0.05) is 24.4 Å². The van der Waals surface area contributed by atoms with Gasteiger partial charge in [0.25, 0.3) is 5.91 Å². The van der Waals surface area contributed by atoms with Crippen molar-refractivity contribution in [3.05, 3.63) is 42.0 Å². The van der Waals surface area contributed by atoms with Gasteiger partial charge in [0.2, 0.25) is 21.8 Å². The SMILES string of the molecule is C=C[C@H]1C[C@@]1(NC(=O)C1C[C@@H]2CN1C(=O)[C@H](C(C)(C)C)NC(=O)OCCCCCCCCOc1cccc3c1CN(C3)C(=O)O2)C(=O)NS(=O)(=O)C1CC1. The summed E-state index contributed by atoms with van der Waals surface area (Å²) in [5.41, 5.74) is -0.566. The van der Waals surface area contributed by atoms with Crippen LogP contribution in [0.15, 0.2) is 30.9 Å². The maximum absolute atomic E-state index is 14.4. The molecule has 3 aliphatic heterocycles. The predicted molar refractivity (Wildman–Crippen MR) is 196 cm³/mol. The van der Waals surface area contributed by atoms with Crippen molar-refractivity contribution in [3.63, 3.8) is 0 Å². The lowest BCUT2D eigenvalue weighted by Gasteiger charge is -2.35. The summed E-state index contributed by atoms with van der Waals surface area (Å²) in [5.74, 6) is -2.02. The molecule has 5 atom stereocenters. The Kier molecular flexibility index (Phi) is 11.5. The Balaban J connectivity index is 1.24. The predicted octanol–water partition coefficient (Wildman–Crippen LogP) is 3.65. The minimum atomic E-state index is -3.92. The van der Waals surface area contributed by atoms with E-state index in [1.165, 1.54) is 11.0 Å². The molecular weight excluding hydrogens is 719 g/mol. The molecule has 3 N–H and O–H groups in total. The summed E-state index contributed by atoms with van der Waals surface area (Å²) >= 11 is 0. The van der Waals surface area contributed by atoms with E-state index in [4.69, 9.17) is 14.2 Å². The second-order valence-electron chi connectivity index (χ2n) is 16.2. The van der Waals surface area contributed by atoms with E-state index in [2.05, 4.69) is 21.9 Å². The number of rotatable bonds is 6. The van der Waals surface area contributed by atoms with Crippen molar-refractivity contribution in [2.24, 2.45) is 11.3 Å². The number of nitrogens with zero attached hydrogens (tertiary/aromatic N) is 2. The second kappa shape index (κ2) is 15.8. The summed E-state index contributed by atoms with van der Waals surface area (Å²) in [6.07, 6.45) is 5.46. The third-order valence-corrected chi connectivity index (χ3v) is 12.8. The third-order valence-electron chi connectivity index (χ3n) is 11.0. The zero-order chi connectivity index (χ0) is 38.8. The minimum Gasteiger partial charge on any atom is -0.493 e. The van der Waals surface area contributed by atoms with E-state index < -0.39 is 80.2 Å². The Morgan fingerprint density at radius 3 is 2.33 bits per heavy atom. The molecule has 3 fully saturated rings. The quantitative estimate of drug-likeness (QED) is 0.360. The normalized spacial score (nSPS) is 28.5. The number of amides is 5. The van der Waals surface area contributed by atoms with Gasteiger partial charge >= 0.3 is 12.2 Å². The smallest absolute Gasteiger partial charge is 0.410 e. The Bertz CT molecular complexity index is 1760. The van der Waals surface area contributed by atoms with Gasteiger partial charge < -0.3 is 29.7 Å². The van der Waals surface area contributed by atoms with Crippen molar-refractivity contribution < 1.29 is 46.6 Å². The summed E-state index contributed by atoms with van der Waals surface area (Å²) < 4.78 is 45.0. The first-order valence-electron chi connectivity index (χ1n) is 19.1. The molecule has 54 heavy (non-hydrogen) atoms. The summed E-state index contributed by atoms with van der Waals surface area (Å²) in [7, 11) is -3.92. The van der Waals surface area contributed by atoms with Crippen molar-refractivity contribution in [2.75, 3.05) is 19.8 Å². The number of hydrogen-bond donors (Lipinski definition) is 3. The summed E-state index contributed by atoms with van der Waals surface area (Å²) in [5, 5.41) is 4.80. The summed E-state index contributed by atoms with van der Waals surface area (Å²) in [4.78, 5) is 71.6. The molecule has 16 heteroatoms. The molecule has 3 heterocycles. The molecule has 6 rings (SSSR count). The van der Waals surface area contributed by atoms with Crippen LogP contribution in [-0.2, 0) is 47.0 Å². The van der Waals surface area contributed by atoms with Crippen molar-refractivity contribution in [1.82, 2.24) is 25.2 Å². The highest BCUT2D eigenvalue weighted by Gasteiger charge is 2.62. The van der Waals surface area contributed by atoms with E-state index in [-0.39, 0.29) is 32.5 Å². The molecule has 5 aliphatic rings. The zero-order valence-electron chi connectivity index (χ0n) is 31.4. The molecule has 0 radical (unpaired) electrons. The molecule has 1 unspecified atom stereocenters. The molecule has 1 aromatic carbocycles. The van der Waals surface area contributed by atoms with Crippen LogP contribution in [-0.4, -0.2) is 96.9 Å². The van der Waals surface area contributed by atoms with Crippen LogP contribution in [0.2, 0.25) is 0 Å². The van der Waals surface area contributed by atoms with Crippen LogP contribution in [0.25, 0.3) is 0 Å². The van der Waals surface area contributed by atoms with E-state index in [1.807, 2.05) is 18.2 Å². The van der Waals surface area contributed by atoms with E-state index >= 15 is 0 Å². The first-order valence-corrected chi connectivity index (χ1v) is 20.6. The van der Waals surface area contributed by atoms with Gasteiger partial charge in [0.1, 0.15) is 29.5 Å². The number of carbonyl (C=O) groups excluding carboxylic acids is 5. The molecule has 5 amide bonds. The number of cyclic esters (lactones) is 1. The molecule has 2 saturated carbocycles. The Morgan fingerprint density at radius 2 is 1.69 bits per heavy atom. The van der Waals surface area contributed by atoms with Gasteiger partial charge in [-0.1, -0.05) is 64.7 Å². The lowest BCUT2D eigenvalue weighted by molar-refractivity contribution is -0.142. The van der Waals surface area contributed by atoms with E-state index in [0.29, 0.717) is 32.4 Å². The standard InChI is InChI=1S/C38H53N5O10S/c1-5-25-20-38(25,34(46)41-54(49,50)27-15-16-27)40-32(44)29-19-26-22-43(29)33(45)31(37(2,3)4)39-35(47)52-18-11-9-7-6-8-10-17-51-30-14-12-13-24-21-42(23-28(24)30)36(48)53-26/h5,12-14,25-27,29,31H,1,6-11,15-23H2,2-4H3,(H,39,47)(H,40,44)(H,41,46)/t25-,26+,29?,31+,38-/m0/s1. The molecule has 1 aromatic rings. The van der Waals surface area contributed by atoms with Crippen molar-refractivity contribution in [3.8, 4) is 5.75 Å². The van der Waals surface area contributed by atoms with E-state index in [0.717, 1.165) is 49.0 Å².